The molecule has 0 radical (unpaired) electrons. The van der Waals surface area contributed by atoms with Crippen molar-refractivity contribution in [3.63, 3.8) is 0 Å². The predicted molar refractivity (Wildman–Crippen MR) is 70.1 cm³/mol. The van der Waals surface area contributed by atoms with Gasteiger partial charge >= 0.3 is 0 Å². The fourth-order valence-electron chi connectivity index (χ4n) is 1.91. The molecule has 5 heteroatoms. The minimum absolute atomic E-state index is 0.149. The van der Waals surface area contributed by atoms with Crippen molar-refractivity contribution in [3.8, 4) is 0 Å². The first kappa shape index (κ1) is 13.0. The maximum Gasteiger partial charge on any atom is 0.293 e. The van der Waals surface area contributed by atoms with Gasteiger partial charge in [-0.1, -0.05) is 18.2 Å². The molecule has 18 heavy (non-hydrogen) atoms. The molecule has 1 aromatic heterocycles. The van der Waals surface area contributed by atoms with E-state index in [4.69, 9.17) is 4.18 Å². The average Bonchev–Trinajstić information content (AvgIpc) is 2.40. The number of nitrogens with zero attached hydrogens (tertiary/aromatic N) is 1. The maximum atomic E-state index is 12.0. The third-order valence-corrected chi connectivity index (χ3v) is 4.24. The molecule has 0 amide bonds. The Labute approximate surface area is 107 Å². The number of pyridine rings is 1. The molecule has 4 nitrogen and oxygen atoms in total. The van der Waals surface area contributed by atoms with E-state index in [-0.39, 0.29) is 6.61 Å². The van der Waals surface area contributed by atoms with Gasteiger partial charge in [0.15, 0.2) is 0 Å². The van der Waals surface area contributed by atoms with Gasteiger partial charge in [-0.15, -0.1) is 0 Å². The number of hydrogen-bond acceptors (Lipinski definition) is 4. The monoisotopic (exact) mass is 265 g/mol. The standard InChI is InChI=1S/C13H15NO3S/c1-2-17-18(15,16)13-8-4-3-7-12(13)11-6-5-9-14-10-11/h3,5-7,9-10H,2,4,8H2,1H3. The molecule has 0 N–H and O–H groups in total. The highest BCUT2D eigenvalue weighted by Crippen LogP contribution is 2.31. The van der Waals surface area contributed by atoms with E-state index < -0.39 is 10.1 Å². The maximum absolute atomic E-state index is 12.0. The zero-order valence-electron chi connectivity index (χ0n) is 10.2. The highest BCUT2D eigenvalue weighted by molar-refractivity contribution is 7.90. The average molecular weight is 265 g/mol. The van der Waals surface area contributed by atoms with Gasteiger partial charge < -0.3 is 0 Å². The minimum atomic E-state index is -3.63. The molecule has 0 aromatic carbocycles. The smallest absolute Gasteiger partial charge is 0.267 e. The van der Waals surface area contributed by atoms with Crippen molar-refractivity contribution in [2.24, 2.45) is 0 Å². The van der Waals surface area contributed by atoms with E-state index in [1.807, 2.05) is 18.2 Å². The Hall–Kier alpha value is -1.46. The second kappa shape index (κ2) is 5.46. The highest BCUT2D eigenvalue weighted by Gasteiger charge is 2.23. The molecule has 0 bridgehead atoms. The summed E-state index contributed by atoms with van der Waals surface area (Å²) in [6.45, 7) is 1.82. The van der Waals surface area contributed by atoms with Crippen molar-refractivity contribution in [3.05, 3.63) is 47.1 Å². The molecule has 0 spiro atoms. The zero-order chi connectivity index (χ0) is 13.0. The normalized spacial score (nSPS) is 16.1. The van der Waals surface area contributed by atoms with Crippen LogP contribution in [0, 0.1) is 0 Å². The van der Waals surface area contributed by atoms with Crippen LogP contribution in [-0.4, -0.2) is 20.0 Å². The van der Waals surface area contributed by atoms with Crippen molar-refractivity contribution >= 4 is 15.7 Å². The second-order valence-electron chi connectivity index (χ2n) is 3.88. The molecule has 0 saturated heterocycles. The molecule has 0 unspecified atom stereocenters. The molecule has 1 aliphatic carbocycles. The number of rotatable bonds is 4. The Morgan fingerprint density at radius 1 is 1.44 bits per heavy atom. The molecule has 1 heterocycles. The van der Waals surface area contributed by atoms with Crippen LogP contribution < -0.4 is 0 Å². The Bertz CT molecular complexity index is 574. The summed E-state index contributed by atoms with van der Waals surface area (Å²) in [5, 5.41) is 0. The molecule has 0 saturated carbocycles. The van der Waals surface area contributed by atoms with Gasteiger partial charge in [0, 0.05) is 18.0 Å². The largest absolute Gasteiger partial charge is 0.293 e. The van der Waals surface area contributed by atoms with Crippen molar-refractivity contribution in [1.29, 1.82) is 0 Å². The number of hydrogen-bond donors (Lipinski definition) is 0. The third-order valence-electron chi connectivity index (χ3n) is 2.67. The minimum Gasteiger partial charge on any atom is -0.267 e. The van der Waals surface area contributed by atoms with Crippen molar-refractivity contribution in [1.82, 2.24) is 4.98 Å². The fourth-order valence-corrected chi connectivity index (χ4v) is 3.18. The van der Waals surface area contributed by atoms with Gasteiger partial charge in [0.05, 0.1) is 11.5 Å². The van der Waals surface area contributed by atoms with E-state index in [1.165, 1.54) is 0 Å². The lowest BCUT2D eigenvalue weighted by Gasteiger charge is -2.15. The second-order valence-corrected chi connectivity index (χ2v) is 5.52. The first-order valence-corrected chi connectivity index (χ1v) is 7.25. The van der Waals surface area contributed by atoms with Gasteiger partial charge in [-0.05, 0) is 31.4 Å². The van der Waals surface area contributed by atoms with Crippen LogP contribution in [0.5, 0.6) is 0 Å². The van der Waals surface area contributed by atoms with Gasteiger partial charge in [-0.2, -0.15) is 8.42 Å². The van der Waals surface area contributed by atoms with Gasteiger partial charge in [-0.25, -0.2) is 0 Å². The zero-order valence-corrected chi connectivity index (χ0v) is 11.0. The lowest BCUT2D eigenvalue weighted by molar-refractivity contribution is 0.342. The fraction of sp³-hybridized carbons (Fsp3) is 0.308. The molecule has 0 fully saturated rings. The Balaban J connectivity index is 2.52. The predicted octanol–water partition coefficient (Wildman–Crippen LogP) is 2.51. The number of allylic oxidation sites excluding steroid dienone is 4. The summed E-state index contributed by atoms with van der Waals surface area (Å²) in [6, 6.07) is 3.63. The van der Waals surface area contributed by atoms with Crippen LogP contribution in [0.1, 0.15) is 25.3 Å². The molecule has 0 atom stereocenters. The summed E-state index contributed by atoms with van der Waals surface area (Å²) in [5.74, 6) is 0. The summed E-state index contributed by atoms with van der Waals surface area (Å²) < 4.78 is 29.0. The van der Waals surface area contributed by atoms with Crippen molar-refractivity contribution in [2.75, 3.05) is 6.61 Å². The lowest BCUT2D eigenvalue weighted by Crippen LogP contribution is -2.12. The van der Waals surface area contributed by atoms with Crippen LogP contribution in [0.25, 0.3) is 5.57 Å². The Kier molecular flexibility index (Phi) is 3.93. The van der Waals surface area contributed by atoms with Crippen molar-refractivity contribution in [2.45, 2.75) is 19.8 Å². The molecule has 96 valence electrons. The van der Waals surface area contributed by atoms with Crippen LogP contribution in [0.2, 0.25) is 0 Å². The summed E-state index contributed by atoms with van der Waals surface area (Å²) in [6.07, 6.45) is 8.30. The van der Waals surface area contributed by atoms with E-state index >= 15 is 0 Å². The molecular formula is C13H15NO3S. The van der Waals surface area contributed by atoms with Crippen LogP contribution in [-0.2, 0) is 14.3 Å². The Morgan fingerprint density at radius 2 is 2.28 bits per heavy atom. The van der Waals surface area contributed by atoms with Crippen molar-refractivity contribution < 1.29 is 12.6 Å². The van der Waals surface area contributed by atoms with E-state index in [0.29, 0.717) is 23.3 Å². The van der Waals surface area contributed by atoms with E-state index in [0.717, 1.165) is 5.56 Å². The quantitative estimate of drug-likeness (QED) is 0.785. The summed E-state index contributed by atoms with van der Waals surface area (Å²) in [5.41, 5.74) is 1.48. The third kappa shape index (κ3) is 2.68. The SMILES string of the molecule is CCOS(=O)(=O)C1=C(c2cccnc2)C=CCC1. The number of aromatic nitrogens is 1. The van der Waals surface area contributed by atoms with Crippen LogP contribution in [0.4, 0.5) is 0 Å². The molecule has 2 rings (SSSR count). The van der Waals surface area contributed by atoms with Crippen LogP contribution in [0.3, 0.4) is 0 Å². The highest BCUT2D eigenvalue weighted by atomic mass is 32.2. The van der Waals surface area contributed by atoms with Gasteiger partial charge in [0.25, 0.3) is 10.1 Å². The van der Waals surface area contributed by atoms with Gasteiger partial charge in [0.1, 0.15) is 0 Å². The van der Waals surface area contributed by atoms with Crippen LogP contribution >= 0.6 is 0 Å². The van der Waals surface area contributed by atoms with Gasteiger partial charge in [0.2, 0.25) is 0 Å². The molecule has 0 aliphatic heterocycles. The summed E-state index contributed by atoms with van der Waals surface area (Å²) in [4.78, 5) is 4.37. The molecule has 1 aromatic rings. The van der Waals surface area contributed by atoms with Crippen LogP contribution in [0.15, 0.2) is 41.6 Å². The summed E-state index contributed by atoms with van der Waals surface area (Å²) in [7, 11) is -3.63. The lowest BCUT2D eigenvalue weighted by atomic mass is 10.0. The Morgan fingerprint density at radius 3 is 2.94 bits per heavy atom. The first-order valence-electron chi connectivity index (χ1n) is 5.84. The summed E-state index contributed by atoms with van der Waals surface area (Å²) >= 11 is 0. The molecule has 1 aliphatic rings. The molecular weight excluding hydrogens is 250 g/mol. The topological polar surface area (TPSA) is 56.3 Å². The van der Waals surface area contributed by atoms with E-state index in [2.05, 4.69) is 4.98 Å². The van der Waals surface area contributed by atoms with Gasteiger partial charge in [-0.3, -0.25) is 9.17 Å². The van der Waals surface area contributed by atoms with E-state index in [1.54, 1.807) is 25.4 Å². The van der Waals surface area contributed by atoms with E-state index in [9.17, 15) is 8.42 Å². The first-order chi connectivity index (χ1) is 8.65.